The SMILES string of the molecule is OC(CF)C1CCCSC1. The lowest BCUT2D eigenvalue weighted by molar-refractivity contribution is 0.0851. The third-order valence-corrected chi connectivity index (χ3v) is 3.14. The second-order valence-electron chi connectivity index (χ2n) is 2.70. The van der Waals surface area contributed by atoms with Gasteiger partial charge < -0.3 is 5.11 Å². The largest absolute Gasteiger partial charge is 0.390 e. The van der Waals surface area contributed by atoms with E-state index in [0.717, 1.165) is 18.6 Å². The van der Waals surface area contributed by atoms with Gasteiger partial charge in [-0.05, 0) is 30.3 Å². The Hall–Kier alpha value is 0.240. The van der Waals surface area contributed by atoms with Gasteiger partial charge in [0.1, 0.15) is 6.67 Å². The van der Waals surface area contributed by atoms with Crippen LogP contribution in [-0.4, -0.2) is 29.4 Å². The highest BCUT2D eigenvalue weighted by Gasteiger charge is 2.21. The van der Waals surface area contributed by atoms with Gasteiger partial charge in [0.25, 0.3) is 0 Å². The van der Waals surface area contributed by atoms with Crippen molar-refractivity contribution in [2.75, 3.05) is 18.2 Å². The predicted octanol–water partition coefficient (Wildman–Crippen LogP) is 1.46. The van der Waals surface area contributed by atoms with E-state index in [1.165, 1.54) is 5.75 Å². The molecule has 0 saturated carbocycles. The van der Waals surface area contributed by atoms with Crippen molar-refractivity contribution in [3.05, 3.63) is 0 Å². The van der Waals surface area contributed by atoms with Crippen molar-refractivity contribution >= 4 is 11.8 Å². The third-order valence-electron chi connectivity index (χ3n) is 1.90. The van der Waals surface area contributed by atoms with Crippen molar-refractivity contribution in [2.24, 2.45) is 5.92 Å². The number of hydrogen-bond donors (Lipinski definition) is 1. The van der Waals surface area contributed by atoms with E-state index in [9.17, 15) is 4.39 Å². The fraction of sp³-hybridized carbons (Fsp3) is 1.00. The van der Waals surface area contributed by atoms with Gasteiger partial charge in [0.15, 0.2) is 0 Å². The minimum atomic E-state index is -0.701. The van der Waals surface area contributed by atoms with Gasteiger partial charge in [0, 0.05) is 0 Å². The van der Waals surface area contributed by atoms with E-state index >= 15 is 0 Å². The first-order valence-electron chi connectivity index (χ1n) is 3.66. The van der Waals surface area contributed by atoms with Gasteiger partial charge in [-0.1, -0.05) is 0 Å². The Labute approximate surface area is 65.0 Å². The zero-order chi connectivity index (χ0) is 7.40. The molecule has 3 heteroatoms. The summed E-state index contributed by atoms with van der Waals surface area (Å²) < 4.78 is 11.9. The van der Waals surface area contributed by atoms with Crippen molar-refractivity contribution in [2.45, 2.75) is 18.9 Å². The number of halogens is 1. The number of hydrogen-bond acceptors (Lipinski definition) is 2. The van der Waals surface area contributed by atoms with E-state index in [1.807, 2.05) is 11.8 Å². The van der Waals surface area contributed by atoms with Crippen LogP contribution in [0, 0.1) is 5.92 Å². The molecule has 1 saturated heterocycles. The van der Waals surface area contributed by atoms with Crippen molar-refractivity contribution < 1.29 is 9.50 Å². The Bertz CT molecular complexity index is 93.6. The number of rotatable bonds is 2. The van der Waals surface area contributed by atoms with Crippen LogP contribution in [0.1, 0.15) is 12.8 Å². The molecule has 0 aromatic heterocycles. The number of alkyl halides is 1. The first-order valence-corrected chi connectivity index (χ1v) is 4.82. The quantitative estimate of drug-likeness (QED) is 0.666. The monoisotopic (exact) mass is 164 g/mol. The third kappa shape index (κ3) is 2.13. The molecule has 2 atom stereocenters. The maximum atomic E-state index is 11.9. The van der Waals surface area contributed by atoms with Crippen LogP contribution in [0.25, 0.3) is 0 Å². The number of thioether (sulfide) groups is 1. The second-order valence-corrected chi connectivity index (χ2v) is 3.85. The Morgan fingerprint density at radius 3 is 3.00 bits per heavy atom. The van der Waals surface area contributed by atoms with Gasteiger partial charge in [-0.3, -0.25) is 0 Å². The highest BCUT2D eigenvalue weighted by Crippen LogP contribution is 2.25. The topological polar surface area (TPSA) is 20.2 Å². The molecule has 1 aliphatic rings. The summed E-state index contributed by atoms with van der Waals surface area (Å²) in [5.41, 5.74) is 0. The van der Waals surface area contributed by atoms with Gasteiger partial charge in [-0.15, -0.1) is 0 Å². The van der Waals surface area contributed by atoms with Gasteiger partial charge in [-0.25, -0.2) is 4.39 Å². The van der Waals surface area contributed by atoms with Crippen LogP contribution in [0.15, 0.2) is 0 Å². The van der Waals surface area contributed by atoms with Crippen LogP contribution in [0.2, 0.25) is 0 Å². The molecule has 1 rings (SSSR count). The molecular formula is C7H13FOS. The lowest BCUT2D eigenvalue weighted by Crippen LogP contribution is -2.26. The Balaban J connectivity index is 2.24. The van der Waals surface area contributed by atoms with Crippen molar-refractivity contribution in [3.63, 3.8) is 0 Å². The molecule has 0 radical (unpaired) electrons. The predicted molar refractivity (Wildman–Crippen MR) is 42.0 cm³/mol. The summed E-state index contributed by atoms with van der Waals surface area (Å²) in [5, 5.41) is 9.09. The molecule has 0 amide bonds. The molecule has 1 aliphatic heterocycles. The smallest absolute Gasteiger partial charge is 0.116 e. The fourth-order valence-electron chi connectivity index (χ4n) is 1.20. The molecule has 1 fully saturated rings. The molecule has 2 unspecified atom stereocenters. The highest BCUT2D eigenvalue weighted by molar-refractivity contribution is 7.99. The molecule has 10 heavy (non-hydrogen) atoms. The Kier molecular flexibility index (Phi) is 3.49. The van der Waals surface area contributed by atoms with Gasteiger partial charge in [0.2, 0.25) is 0 Å². The normalized spacial score (nSPS) is 30.0. The van der Waals surface area contributed by atoms with Gasteiger partial charge in [0.05, 0.1) is 6.10 Å². The maximum absolute atomic E-state index is 11.9. The van der Waals surface area contributed by atoms with Crippen LogP contribution < -0.4 is 0 Å². The summed E-state index contributed by atoms with van der Waals surface area (Å²) in [6, 6.07) is 0. The molecule has 0 bridgehead atoms. The van der Waals surface area contributed by atoms with Crippen molar-refractivity contribution in [1.82, 2.24) is 0 Å². The van der Waals surface area contributed by atoms with Crippen molar-refractivity contribution in [1.29, 1.82) is 0 Å². The Morgan fingerprint density at radius 2 is 2.50 bits per heavy atom. The molecule has 1 N–H and O–H groups in total. The van der Waals surface area contributed by atoms with Gasteiger partial charge in [-0.2, -0.15) is 11.8 Å². The molecule has 0 aromatic rings. The van der Waals surface area contributed by atoms with Gasteiger partial charge >= 0.3 is 0 Å². The molecule has 1 nitrogen and oxygen atoms in total. The standard InChI is InChI=1S/C7H13FOS/c8-4-7(9)6-2-1-3-10-5-6/h6-7,9H,1-5H2. The second kappa shape index (κ2) is 4.19. The lowest BCUT2D eigenvalue weighted by atomic mass is 10.00. The molecule has 0 aliphatic carbocycles. The van der Waals surface area contributed by atoms with E-state index in [-0.39, 0.29) is 5.92 Å². The minimum absolute atomic E-state index is 0.212. The zero-order valence-electron chi connectivity index (χ0n) is 5.92. The molecular weight excluding hydrogens is 151 g/mol. The molecule has 0 aromatic carbocycles. The summed E-state index contributed by atoms with van der Waals surface area (Å²) in [4.78, 5) is 0. The van der Waals surface area contributed by atoms with E-state index < -0.39 is 12.8 Å². The van der Waals surface area contributed by atoms with E-state index in [2.05, 4.69) is 0 Å². The van der Waals surface area contributed by atoms with Crippen LogP contribution >= 0.6 is 11.8 Å². The first kappa shape index (κ1) is 8.34. The lowest BCUT2D eigenvalue weighted by Gasteiger charge is -2.24. The average Bonchev–Trinajstić information content (AvgIpc) is 2.05. The Morgan fingerprint density at radius 1 is 1.70 bits per heavy atom. The average molecular weight is 164 g/mol. The van der Waals surface area contributed by atoms with E-state index in [1.54, 1.807) is 0 Å². The summed E-state index contributed by atoms with van der Waals surface area (Å²) in [5.74, 6) is 2.32. The molecule has 60 valence electrons. The van der Waals surface area contributed by atoms with Crippen LogP contribution in [0.3, 0.4) is 0 Å². The zero-order valence-corrected chi connectivity index (χ0v) is 6.74. The summed E-state index contributed by atoms with van der Waals surface area (Å²) in [7, 11) is 0. The summed E-state index contributed by atoms with van der Waals surface area (Å²) in [6.45, 7) is -0.578. The minimum Gasteiger partial charge on any atom is -0.390 e. The summed E-state index contributed by atoms with van der Waals surface area (Å²) in [6.07, 6.45) is 1.43. The van der Waals surface area contributed by atoms with Crippen LogP contribution in [0.4, 0.5) is 4.39 Å². The van der Waals surface area contributed by atoms with E-state index in [0.29, 0.717) is 0 Å². The van der Waals surface area contributed by atoms with Crippen LogP contribution in [0.5, 0.6) is 0 Å². The molecule has 0 spiro atoms. The highest BCUT2D eigenvalue weighted by atomic mass is 32.2. The maximum Gasteiger partial charge on any atom is 0.116 e. The van der Waals surface area contributed by atoms with E-state index in [4.69, 9.17) is 5.11 Å². The molecule has 1 heterocycles. The fourth-order valence-corrected chi connectivity index (χ4v) is 2.42. The van der Waals surface area contributed by atoms with Crippen LogP contribution in [-0.2, 0) is 0 Å². The number of aliphatic hydroxyl groups excluding tert-OH is 1. The number of aliphatic hydroxyl groups is 1. The summed E-state index contributed by atoms with van der Waals surface area (Å²) >= 11 is 1.82. The van der Waals surface area contributed by atoms with Crippen molar-refractivity contribution in [3.8, 4) is 0 Å². The first-order chi connectivity index (χ1) is 4.84.